The van der Waals surface area contributed by atoms with Gasteiger partial charge in [0.25, 0.3) is 5.91 Å². The Balaban J connectivity index is 2.39. The van der Waals surface area contributed by atoms with E-state index in [1.54, 1.807) is 0 Å². The van der Waals surface area contributed by atoms with Gasteiger partial charge in [-0.05, 0) is 32.8 Å². The lowest BCUT2D eigenvalue weighted by Gasteiger charge is -2.16. The standard InChI is InChI=1S/C13H19NO2/c1-10-5-4-6-11(9-10)7-8-14-12(15)13(2,3)16/h4-6,9,16H,7-8H2,1-3H3,(H,14,15). The second-order valence-electron chi connectivity index (χ2n) is 4.55. The van der Waals surface area contributed by atoms with E-state index in [1.807, 2.05) is 25.1 Å². The van der Waals surface area contributed by atoms with Crippen molar-refractivity contribution in [1.82, 2.24) is 5.32 Å². The van der Waals surface area contributed by atoms with Crippen molar-refractivity contribution in [3.05, 3.63) is 35.4 Å². The minimum Gasteiger partial charge on any atom is -0.381 e. The third-order valence-corrected chi connectivity index (χ3v) is 2.34. The summed E-state index contributed by atoms with van der Waals surface area (Å²) in [5, 5.41) is 12.1. The van der Waals surface area contributed by atoms with Gasteiger partial charge in [0.15, 0.2) is 0 Å². The van der Waals surface area contributed by atoms with E-state index in [0.29, 0.717) is 6.54 Å². The molecule has 0 saturated carbocycles. The van der Waals surface area contributed by atoms with Crippen molar-refractivity contribution in [3.63, 3.8) is 0 Å². The highest BCUT2D eigenvalue weighted by molar-refractivity contribution is 5.83. The van der Waals surface area contributed by atoms with E-state index < -0.39 is 5.60 Å². The average molecular weight is 221 g/mol. The van der Waals surface area contributed by atoms with E-state index in [9.17, 15) is 9.90 Å². The fourth-order valence-corrected chi connectivity index (χ4v) is 1.40. The number of carbonyl (C=O) groups excluding carboxylic acids is 1. The van der Waals surface area contributed by atoms with Crippen LogP contribution in [0.2, 0.25) is 0 Å². The van der Waals surface area contributed by atoms with E-state index in [0.717, 1.165) is 6.42 Å². The van der Waals surface area contributed by atoms with Gasteiger partial charge in [0.2, 0.25) is 0 Å². The molecule has 1 aromatic carbocycles. The number of hydrogen-bond acceptors (Lipinski definition) is 2. The van der Waals surface area contributed by atoms with Gasteiger partial charge in [-0.1, -0.05) is 29.8 Å². The molecule has 0 fully saturated rings. The van der Waals surface area contributed by atoms with Gasteiger partial charge in [0, 0.05) is 6.54 Å². The van der Waals surface area contributed by atoms with E-state index >= 15 is 0 Å². The first-order chi connectivity index (χ1) is 7.39. The van der Waals surface area contributed by atoms with Crippen molar-refractivity contribution in [2.45, 2.75) is 32.8 Å². The Labute approximate surface area is 96.5 Å². The average Bonchev–Trinajstić information content (AvgIpc) is 2.16. The van der Waals surface area contributed by atoms with Gasteiger partial charge in [-0.3, -0.25) is 4.79 Å². The summed E-state index contributed by atoms with van der Waals surface area (Å²) in [6, 6.07) is 8.17. The number of aliphatic hydroxyl groups is 1. The first-order valence-corrected chi connectivity index (χ1v) is 5.46. The number of aryl methyl sites for hydroxylation is 1. The number of amides is 1. The molecule has 0 aliphatic carbocycles. The van der Waals surface area contributed by atoms with Crippen LogP contribution in [0, 0.1) is 6.92 Å². The van der Waals surface area contributed by atoms with Gasteiger partial charge in [-0.2, -0.15) is 0 Å². The highest BCUT2D eigenvalue weighted by Crippen LogP contribution is 2.04. The summed E-state index contributed by atoms with van der Waals surface area (Å²) in [5.74, 6) is -0.333. The lowest BCUT2D eigenvalue weighted by Crippen LogP contribution is -2.42. The first-order valence-electron chi connectivity index (χ1n) is 5.46. The van der Waals surface area contributed by atoms with Crippen LogP contribution in [0.4, 0.5) is 0 Å². The van der Waals surface area contributed by atoms with Crippen LogP contribution in [-0.2, 0) is 11.2 Å². The quantitative estimate of drug-likeness (QED) is 0.808. The fraction of sp³-hybridized carbons (Fsp3) is 0.462. The van der Waals surface area contributed by atoms with Crippen molar-refractivity contribution in [2.24, 2.45) is 0 Å². The van der Waals surface area contributed by atoms with E-state index in [2.05, 4.69) is 11.4 Å². The van der Waals surface area contributed by atoms with Crippen LogP contribution in [0.5, 0.6) is 0 Å². The lowest BCUT2D eigenvalue weighted by molar-refractivity contribution is -0.136. The maximum atomic E-state index is 11.4. The van der Waals surface area contributed by atoms with Crippen LogP contribution in [0.1, 0.15) is 25.0 Å². The first kappa shape index (κ1) is 12.7. The normalized spacial score (nSPS) is 11.2. The maximum Gasteiger partial charge on any atom is 0.251 e. The molecular formula is C13H19NO2. The summed E-state index contributed by atoms with van der Waals surface area (Å²) in [7, 11) is 0. The summed E-state index contributed by atoms with van der Waals surface area (Å²) in [6.45, 7) is 5.55. The third kappa shape index (κ3) is 4.03. The highest BCUT2D eigenvalue weighted by atomic mass is 16.3. The van der Waals surface area contributed by atoms with Crippen molar-refractivity contribution < 1.29 is 9.90 Å². The molecule has 1 amide bonds. The van der Waals surface area contributed by atoms with Crippen LogP contribution in [-0.4, -0.2) is 23.2 Å². The number of carbonyl (C=O) groups is 1. The monoisotopic (exact) mass is 221 g/mol. The maximum absolute atomic E-state index is 11.4. The summed E-state index contributed by atoms with van der Waals surface area (Å²) in [5.41, 5.74) is 1.11. The molecule has 0 aliphatic rings. The van der Waals surface area contributed by atoms with Crippen LogP contribution >= 0.6 is 0 Å². The SMILES string of the molecule is Cc1cccc(CCNC(=O)C(C)(C)O)c1. The Hall–Kier alpha value is -1.35. The molecule has 3 nitrogen and oxygen atoms in total. The molecule has 0 aromatic heterocycles. The van der Waals surface area contributed by atoms with Gasteiger partial charge >= 0.3 is 0 Å². The van der Waals surface area contributed by atoms with Crippen molar-refractivity contribution >= 4 is 5.91 Å². The zero-order chi connectivity index (χ0) is 12.2. The molecule has 0 heterocycles. The smallest absolute Gasteiger partial charge is 0.251 e. The molecule has 16 heavy (non-hydrogen) atoms. The second kappa shape index (κ2) is 5.12. The third-order valence-electron chi connectivity index (χ3n) is 2.34. The van der Waals surface area contributed by atoms with Gasteiger partial charge in [-0.15, -0.1) is 0 Å². The fourth-order valence-electron chi connectivity index (χ4n) is 1.40. The van der Waals surface area contributed by atoms with Crippen molar-refractivity contribution in [2.75, 3.05) is 6.54 Å². The van der Waals surface area contributed by atoms with E-state index in [4.69, 9.17) is 0 Å². The molecule has 1 aromatic rings. The molecule has 0 radical (unpaired) electrons. The molecule has 0 bridgehead atoms. The summed E-state index contributed by atoms with van der Waals surface area (Å²) >= 11 is 0. The predicted molar refractivity (Wildman–Crippen MR) is 64.2 cm³/mol. The summed E-state index contributed by atoms with van der Waals surface area (Å²) in [4.78, 5) is 11.4. The van der Waals surface area contributed by atoms with E-state index in [-0.39, 0.29) is 5.91 Å². The number of hydrogen-bond donors (Lipinski definition) is 2. The predicted octanol–water partition coefficient (Wildman–Crippen LogP) is 1.42. The Morgan fingerprint density at radius 3 is 2.69 bits per heavy atom. The molecule has 88 valence electrons. The van der Waals surface area contributed by atoms with Crippen LogP contribution in [0.3, 0.4) is 0 Å². The summed E-state index contributed by atoms with van der Waals surface area (Å²) in [6.07, 6.45) is 0.781. The molecule has 0 atom stereocenters. The summed E-state index contributed by atoms with van der Waals surface area (Å²) < 4.78 is 0. The van der Waals surface area contributed by atoms with Crippen molar-refractivity contribution in [1.29, 1.82) is 0 Å². The zero-order valence-corrected chi connectivity index (χ0v) is 10.1. The topological polar surface area (TPSA) is 49.3 Å². The van der Waals surface area contributed by atoms with Crippen molar-refractivity contribution in [3.8, 4) is 0 Å². The number of benzene rings is 1. The number of rotatable bonds is 4. The van der Waals surface area contributed by atoms with Crippen LogP contribution in [0.15, 0.2) is 24.3 Å². The Kier molecular flexibility index (Phi) is 4.07. The largest absolute Gasteiger partial charge is 0.381 e. The van der Waals surface area contributed by atoms with Gasteiger partial charge < -0.3 is 10.4 Å². The minimum absolute atomic E-state index is 0.333. The van der Waals surface area contributed by atoms with Gasteiger partial charge in [0.05, 0.1) is 0 Å². The zero-order valence-electron chi connectivity index (χ0n) is 10.1. The Morgan fingerprint density at radius 2 is 2.12 bits per heavy atom. The molecule has 0 aliphatic heterocycles. The van der Waals surface area contributed by atoms with Crippen LogP contribution in [0.25, 0.3) is 0 Å². The minimum atomic E-state index is -1.30. The van der Waals surface area contributed by atoms with Crippen LogP contribution < -0.4 is 5.32 Å². The molecule has 3 heteroatoms. The molecule has 2 N–H and O–H groups in total. The molecular weight excluding hydrogens is 202 g/mol. The van der Waals surface area contributed by atoms with Gasteiger partial charge in [-0.25, -0.2) is 0 Å². The van der Waals surface area contributed by atoms with Gasteiger partial charge in [0.1, 0.15) is 5.60 Å². The Bertz CT molecular complexity index is 366. The highest BCUT2D eigenvalue weighted by Gasteiger charge is 2.22. The lowest BCUT2D eigenvalue weighted by atomic mass is 10.1. The van der Waals surface area contributed by atoms with E-state index in [1.165, 1.54) is 25.0 Å². The molecule has 0 unspecified atom stereocenters. The molecule has 0 spiro atoms. The molecule has 0 saturated heterocycles. The molecule has 1 rings (SSSR count). The second-order valence-corrected chi connectivity index (χ2v) is 4.55. The Morgan fingerprint density at radius 1 is 1.44 bits per heavy atom. The number of nitrogens with one attached hydrogen (secondary N) is 1.